The number of carbonyl (C=O) groups excluding carboxylic acids is 2. The number of aromatic nitrogens is 2. The summed E-state index contributed by atoms with van der Waals surface area (Å²) >= 11 is 1.14. The fourth-order valence-corrected chi connectivity index (χ4v) is 2.96. The molecule has 0 saturated heterocycles. The number of nitrogens with one attached hydrogen (secondary N) is 3. The van der Waals surface area contributed by atoms with Crippen molar-refractivity contribution in [3.05, 3.63) is 29.8 Å². The molecule has 25 heavy (non-hydrogen) atoms. The molecule has 0 spiro atoms. The Balaban J connectivity index is 1.79. The van der Waals surface area contributed by atoms with Crippen molar-refractivity contribution in [2.24, 2.45) is 0 Å². The highest BCUT2D eigenvalue weighted by molar-refractivity contribution is 7.89. The fraction of sp³-hybridized carbons (Fsp3) is 0.231. The van der Waals surface area contributed by atoms with E-state index in [0.717, 1.165) is 11.3 Å². The van der Waals surface area contributed by atoms with Gasteiger partial charge in [-0.05, 0) is 24.3 Å². The van der Waals surface area contributed by atoms with E-state index in [4.69, 9.17) is 4.74 Å². The number of hydrogen-bond donors (Lipinski definition) is 3. The number of sulfonamides is 1. The fourth-order valence-electron chi connectivity index (χ4n) is 1.64. The molecule has 0 atom stereocenters. The van der Waals surface area contributed by atoms with E-state index in [1.807, 2.05) is 4.83 Å². The summed E-state index contributed by atoms with van der Waals surface area (Å²) < 4.78 is 29.0. The van der Waals surface area contributed by atoms with Gasteiger partial charge in [0.05, 0.1) is 12.0 Å². The first-order valence-corrected chi connectivity index (χ1v) is 9.28. The van der Waals surface area contributed by atoms with Crippen LogP contribution in [-0.4, -0.2) is 37.5 Å². The molecule has 1 aromatic heterocycles. The Kier molecular flexibility index (Phi) is 6.38. The monoisotopic (exact) mass is 385 g/mol. The van der Waals surface area contributed by atoms with Crippen LogP contribution in [0.5, 0.6) is 5.75 Å². The van der Waals surface area contributed by atoms with Gasteiger partial charge >= 0.3 is 0 Å². The zero-order valence-corrected chi connectivity index (χ0v) is 14.7. The molecule has 1 aromatic carbocycles. The number of methoxy groups -OCH3 is 1. The second-order valence-corrected chi connectivity index (χ2v) is 7.14. The van der Waals surface area contributed by atoms with Crippen LogP contribution < -0.4 is 20.3 Å². The molecule has 1 heterocycles. The lowest BCUT2D eigenvalue weighted by Crippen LogP contribution is -2.41. The smallest absolute Gasteiger partial charge is 0.257 e. The van der Waals surface area contributed by atoms with Gasteiger partial charge in [-0.15, -0.1) is 15.0 Å². The summed E-state index contributed by atoms with van der Waals surface area (Å²) in [5.74, 6) is -0.571. The van der Waals surface area contributed by atoms with E-state index >= 15 is 0 Å². The van der Waals surface area contributed by atoms with Crippen LogP contribution in [0.15, 0.2) is 34.7 Å². The van der Waals surface area contributed by atoms with Crippen molar-refractivity contribution in [1.29, 1.82) is 0 Å². The van der Waals surface area contributed by atoms with E-state index in [1.165, 1.54) is 36.9 Å². The van der Waals surface area contributed by atoms with Crippen molar-refractivity contribution in [2.75, 3.05) is 12.4 Å². The van der Waals surface area contributed by atoms with Crippen LogP contribution >= 0.6 is 11.3 Å². The van der Waals surface area contributed by atoms with E-state index in [0.29, 0.717) is 10.9 Å². The van der Waals surface area contributed by atoms with Crippen LogP contribution in [-0.2, 0) is 19.6 Å². The van der Waals surface area contributed by atoms with Crippen LogP contribution in [0.4, 0.5) is 5.13 Å². The SMILES string of the molecule is COc1ccc(S(=O)(=O)NNC(=O)CCC(=O)Nc2nncs2)cc1. The van der Waals surface area contributed by atoms with Crippen LogP contribution in [0.3, 0.4) is 0 Å². The largest absolute Gasteiger partial charge is 0.497 e. The summed E-state index contributed by atoms with van der Waals surface area (Å²) in [7, 11) is -2.45. The lowest BCUT2D eigenvalue weighted by atomic mass is 10.3. The molecule has 0 aliphatic heterocycles. The maximum Gasteiger partial charge on any atom is 0.257 e. The van der Waals surface area contributed by atoms with Gasteiger partial charge in [-0.3, -0.25) is 15.0 Å². The molecule has 0 fully saturated rings. The molecule has 0 radical (unpaired) electrons. The molecule has 0 aliphatic carbocycles. The Morgan fingerprint density at radius 2 is 1.84 bits per heavy atom. The van der Waals surface area contributed by atoms with Crippen molar-refractivity contribution in [1.82, 2.24) is 20.5 Å². The van der Waals surface area contributed by atoms with Crippen molar-refractivity contribution in [3.63, 3.8) is 0 Å². The quantitative estimate of drug-likeness (QED) is 0.554. The minimum absolute atomic E-state index is 0.0392. The van der Waals surface area contributed by atoms with E-state index in [1.54, 1.807) is 0 Å². The summed E-state index contributed by atoms with van der Waals surface area (Å²) in [5.41, 5.74) is 3.51. The number of nitrogens with zero attached hydrogens (tertiary/aromatic N) is 2. The summed E-state index contributed by atoms with van der Waals surface area (Å²) in [5, 5.41) is 9.98. The third kappa shape index (κ3) is 5.77. The van der Waals surface area contributed by atoms with Crippen molar-refractivity contribution in [2.45, 2.75) is 17.7 Å². The number of benzene rings is 1. The van der Waals surface area contributed by atoms with Gasteiger partial charge in [-0.25, -0.2) is 8.42 Å². The molecule has 2 aromatic rings. The number of rotatable bonds is 8. The van der Waals surface area contributed by atoms with Gasteiger partial charge in [0.15, 0.2) is 0 Å². The third-order valence-corrected chi connectivity index (χ3v) is 4.75. The molecule has 10 nitrogen and oxygen atoms in total. The standard InChI is InChI=1S/C13H15N5O5S2/c1-23-9-2-4-10(5-3-9)25(21,22)18-16-12(20)7-6-11(19)15-13-17-14-8-24-13/h2-5,8,18H,6-7H2,1H3,(H,16,20)(H,15,17,19). The van der Waals surface area contributed by atoms with Gasteiger partial charge in [-0.1, -0.05) is 11.3 Å². The maximum atomic E-state index is 12.0. The minimum atomic E-state index is -3.91. The lowest BCUT2D eigenvalue weighted by molar-refractivity contribution is -0.124. The first kappa shape index (κ1) is 18.8. The Morgan fingerprint density at radius 3 is 2.44 bits per heavy atom. The van der Waals surface area contributed by atoms with E-state index in [2.05, 4.69) is 20.9 Å². The molecule has 0 bridgehead atoms. The van der Waals surface area contributed by atoms with Gasteiger partial charge in [0, 0.05) is 12.8 Å². The first-order valence-electron chi connectivity index (χ1n) is 6.91. The third-order valence-electron chi connectivity index (χ3n) is 2.88. The Labute approximate surface area is 147 Å². The molecular formula is C13H15N5O5S2. The second-order valence-electron chi connectivity index (χ2n) is 4.62. The summed E-state index contributed by atoms with van der Waals surface area (Å²) in [4.78, 5) is 25.2. The predicted octanol–water partition coefficient (Wildman–Crippen LogP) is 0.275. The lowest BCUT2D eigenvalue weighted by Gasteiger charge is -2.09. The highest BCUT2D eigenvalue weighted by atomic mass is 32.2. The average molecular weight is 385 g/mol. The van der Waals surface area contributed by atoms with Crippen LogP contribution in [0, 0.1) is 0 Å². The molecule has 0 aliphatic rings. The summed E-state index contributed by atoms with van der Waals surface area (Å²) in [6.45, 7) is 0. The number of amides is 2. The van der Waals surface area contributed by atoms with Gasteiger partial charge in [0.25, 0.3) is 10.0 Å². The van der Waals surface area contributed by atoms with E-state index < -0.39 is 21.8 Å². The normalized spacial score (nSPS) is 10.9. The molecule has 0 saturated carbocycles. The summed E-state index contributed by atoms with van der Waals surface area (Å²) in [6.07, 6.45) is -0.328. The van der Waals surface area contributed by atoms with E-state index in [9.17, 15) is 18.0 Å². The number of hydrazine groups is 1. The second kappa shape index (κ2) is 8.50. The van der Waals surface area contributed by atoms with Gasteiger partial charge < -0.3 is 10.1 Å². The average Bonchev–Trinajstić information content (AvgIpc) is 3.11. The van der Waals surface area contributed by atoms with E-state index in [-0.39, 0.29) is 17.7 Å². The number of anilines is 1. The number of hydrogen-bond acceptors (Lipinski definition) is 8. The highest BCUT2D eigenvalue weighted by Gasteiger charge is 2.16. The first-order chi connectivity index (χ1) is 11.9. The molecule has 134 valence electrons. The van der Waals surface area contributed by atoms with Gasteiger partial charge in [-0.2, -0.15) is 0 Å². The maximum absolute atomic E-state index is 12.0. The summed E-state index contributed by atoms with van der Waals surface area (Å²) in [6, 6.07) is 5.63. The van der Waals surface area contributed by atoms with Crippen molar-refractivity contribution in [3.8, 4) is 5.75 Å². The zero-order chi connectivity index (χ0) is 18.3. The molecule has 2 amide bonds. The molecular weight excluding hydrogens is 370 g/mol. The van der Waals surface area contributed by atoms with Crippen LogP contribution in [0.2, 0.25) is 0 Å². The molecule has 12 heteroatoms. The van der Waals surface area contributed by atoms with Crippen molar-refractivity contribution < 1.29 is 22.7 Å². The topological polar surface area (TPSA) is 139 Å². The Morgan fingerprint density at radius 1 is 1.16 bits per heavy atom. The minimum Gasteiger partial charge on any atom is -0.497 e. The number of ether oxygens (including phenoxy) is 1. The zero-order valence-electron chi connectivity index (χ0n) is 13.1. The Hall–Kier alpha value is -2.57. The molecule has 0 unspecified atom stereocenters. The van der Waals surface area contributed by atoms with Crippen LogP contribution in [0.25, 0.3) is 0 Å². The molecule has 3 N–H and O–H groups in total. The van der Waals surface area contributed by atoms with Crippen LogP contribution in [0.1, 0.15) is 12.8 Å². The predicted molar refractivity (Wildman–Crippen MR) is 89.2 cm³/mol. The molecule has 2 rings (SSSR count). The Bertz CT molecular complexity index is 821. The highest BCUT2D eigenvalue weighted by Crippen LogP contribution is 2.14. The van der Waals surface area contributed by atoms with Gasteiger partial charge in [0.2, 0.25) is 16.9 Å². The van der Waals surface area contributed by atoms with Gasteiger partial charge in [0.1, 0.15) is 11.3 Å². The number of carbonyl (C=O) groups is 2. The van der Waals surface area contributed by atoms with Crippen molar-refractivity contribution >= 4 is 38.3 Å².